The number of aromatic nitrogens is 1. The van der Waals surface area contributed by atoms with Crippen LogP contribution < -0.4 is 0 Å². The van der Waals surface area contributed by atoms with Crippen LogP contribution in [0.25, 0.3) is 6.08 Å². The van der Waals surface area contributed by atoms with Crippen molar-refractivity contribution in [1.82, 2.24) is 4.98 Å². The summed E-state index contributed by atoms with van der Waals surface area (Å²) in [5.41, 5.74) is 1.92. The van der Waals surface area contributed by atoms with E-state index < -0.39 is 5.97 Å². The average Bonchev–Trinajstić information content (AvgIpc) is 2.75. The molecule has 6 heteroatoms. The van der Waals surface area contributed by atoms with Crippen molar-refractivity contribution >= 4 is 33.8 Å². The number of carbonyl (C=O) groups excluding carboxylic acids is 1. The molecule has 22 heavy (non-hydrogen) atoms. The highest BCUT2D eigenvalue weighted by Gasteiger charge is 2.19. The molecule has 0 unspecified atom stereocenters. The van der Waals surface area contributed by atoms with Crippen LogP contribution in [0.3, 0.4) is 0 Å². The van der Waals surface area contributed by atoms with Crippen molar-refractivity contribution in [2.75, 3.05) is 0 Å². The average molecular weight is 366 g/mol. The number of allylic oxidation sites excluding steroid dienone is 1. The first-order chi connectivity index (χ1) is 10.3. The van der Waals surface area contributed by atoms with Crippen molar-refractivity contribution in [2.24, 2.45) is 0 Å². The van der Waals surface area contributed by atoms with Crippen LogP contribution in [0.15, 0.2) is 28.7 Å². The summed E-state index contributed by atoms with van der Waals surface area (Å²) in [5.74, 6) is -1.79. The van der Waals surface area contributed by atoms with Crippen molar-refractivity contribution < 1.29 is 19.1 Å². The lowest BCUT2D eigenvalue weighted by Gasteiger charge is -1.99. The maximum atomic E-state index is 13.1. The first-order valence-electron chi connectivity index (χ1n) is 6.41. The van der Waals surface area contributed by atoms with E-state index in [2.05, 4.69) is 20.9 Å². The van der Waals surface area contributed by atoms with Gasteiger partial charge in [-0.1, -0.05) is 12.1 Å². The quantitative estimate of drug-likeness (QED) is 0.632. The predicted octanol–water partition coefficient (Wildman–Crippen LogP) is 4.13. The highest BCUT2D eigenvalue weighted by Crippen LogP contribution is 2.21. The Morgan fingerprint density at radius 2 is 2.00 bits per heavy atom. The van der Waals surface area contributed by atoms with E-state index in [-0.39, 0.29) is 17.3 Å². The molecule has 0 aliphatic heterocycles. The number of benzene rings is 1. The van der Waals surface area contributed by atoms with Crippen molar-refractivity contribution in [1.29, 1.82) is 0 Å². The van der Waals surface area contributed by atoms with Crippen LogP contribution >= 0.6 is 15.9 Å². The lowest BCUT2D eigenvalue weighted by molar-refractivity contribution is 0.0690. The van der Waals surface area contributed by atoms with Gasteiger partial charge in [-0.25, -0.2) is 9.18 Å². The highest BCUT2D eigenvalue weighted by molar-refractivity contribution is 9.10. The van der Waals surface area contributed by atoms with Gasteiger partial charge in [0.1, 0.15) is 11.5 Å². The van der Waals surface area contributed by atoms with Gasteiger partial charge < -0.3 is 10.1 Å². The zero-order valence-corrected chi connectivity index (χ0v) is 13.5. The predicted molar refractivity (Wildman–Crippen MR) is 84.7 cm³/mol. The molecule has 0 amide bonds. The molecule has 0 spiro atoms. The number of halogens is 2. The number of hydrogen-bond donors (Lipinski definition) is 2. The molecule has 0 aliphatic carbocycles. The van der Waals surface area contributed by atoms with Crippen molar-refractivity contribution in [3.8, 4) is 0 Å². The summed E-state index contributed by atoms with van der Waals surface area (Å²) in [5, 5.41) is 9.05. The lowest BCUT2D eigenvalue weighted by atomic mass is 10.0. The van der Waals surface area contributed by atoms with Crippen LogP contribution in [0.5, 0.6) is 0 Å². The molecule has 1 aromatic heterocycles. The molecular weight excluding hydrogens is 353 g/mol. The molecule has 1 heterocycles. The summed E-state index contributed by atoms with van der Waals surface area (Å²) >= 11 is 3.08. The van der Waals surface area contributed by atoms with E-state index in [1.54, 1.807) is 32.1 Å². The Labute approximate surface area is 134 Å². The fourth-order valence-electron chi connectivity index (χ4n) is 2.20. The first-order valence-corrected chi connectivity index (χ1v) is 7.20. The zero-order valence-electron chi connectivity index (χ0n) is 11.9. The number of nitrogens with one attached hydrogen (secondary N) is 1. The number of hydrogen-bond acceptors (Lipinski definition) is 2. The Morgan fingerprint density at radius 1 is 1.32 bits per heavy atom. The zero-order chi connectivity index (χ0) is 16.4. The molecule has 0 fully saturated rings. The van der Waals surface area contributed by atoms with E-state index in [0.29, 0.717) is 26.9 Å². The minimum atomic E-state index is -1.11. The van der Waals surface area contributed by atoms with Crippen molar-refractivity contribution in [3.05, 3.63) is 62.6 Å². The van der Waals surface area contributed by atoms with Gasteiger partial charge >= 0.3 is 5.97 Å². The van der Waals surface area contributed by atoms with E-state index in [9.17, 15) is 14.0 Å². The summed E-state index contributed by atoms with van der Waals surface area (Å²) in [4.78, 5) is 26.0. The van der Waals surface area contributed by atoms with Crippen LogP contribution in [0.2, 0.25) is 0 Å². The van der Waals surface area contributed by atoms with E-state index >= 15 is 0 Å². The molecule has 114 valence electrons. The Balaban J connectivity index is 2.31. The first kappa shape index (κ1) is 16.2. The normalized spacial score (nSPS) is 11.1. The number of rotatable bonds is 4. The van der Waals surface area contributed by atoms with Crippen molar-refractivity contribution in [3.63, 3.8) is 0 Å². The minimum Gasteiger partial charge on any atom is -0.477 e. The molecule has 2 rings (SSSR count). The topological polar surface area (TPSA) is 70.2 Å². The Kier molecular flexibility index (Phi) is 4.61. The second-order valence-corrected chi connectivity index (χ2v) is 5.66. The second-order valence-electron chi connectivity index (χ2n) is 4.80. The van der Waals surface area contributed by atoms with Gasteiger partial charge in [0.25, 0.3) is 0 Å². The molecule has 0 saturated carbocycles. The third-order valence-corrected chi connectivity index (χ3v) is 3.88. The Hall–Kier alpha value is -2.21. The van der Waals surface area contributed by atoms with Gasteiger partial charge in [0.15, 0.2) is 5.78 Å². The highest BCUT2D eigenvalue weighted by atomic mass is 79.9. The van der Waals surface area contributed by atoms with Gasteiger partial charge in [0.05, 0.1) is 4.47 Å². The van der Waals surface area contributed by atoms with Crippen molar-refractivity contribution in [2.45, 2.75) is 13.8 Å². The van der Waals surface area contributed by atoms with E-state index in [1.807, 2.05) is 0 Å². The SMILES string of the molecule is Cc1[nH]c(C(=O)O)c(C)c1C(=O)/C=C/c1ccc(F)c(Br)c1. The van der Waals surface area contributed by atoms with Gasteiger partial charge in [0.2, 0.25) is 0 Å². The standard InChI is InChI=1S/C16H13BrFNO3/c1-8-14(9(2)19-15(8)16(21)22)13(20)6-4-10-3-5-12(18)11(17)7-10/h3-7,19H,1-2H3,(H,21,22)/b6-4+. The summed E-state index contributed by atoms with van der Waals surface area (Å²) < 4.78 is 13.5. The fourth-order valence-corrected chi connectivity index (χ4v) is 2.60. The van der Waals surface area contributed by atoms with E-state index in [0.717, 1.165) is 0 Å². The lowest BCUT2D eigenvalue weighted by Crippen LogP contribution is -2.01. The molecular formula is C16H13BrFNO3. The van der Waals surface area contributed by atoms with Gasteiger partial charge in [-0.2, -0.15) is 0 Å². The number of aromatic carboxylic acids is 1. The number of ketones is 1. The molecule has 1 aromatic carbocycles. The summed E-state index contributed by atoms with van der Waals surface area (Å²) in [6, 6.07) is 4.39. The maximum absolute atomic E-state index is 13.1. The number of carboxylic acid groups (broad SMARTS) is 1. The number of carboxylic acids is 1. The molecule has 2 aromatic rings. The van der Waals surface area contributed by atoms with Crippen LogP contribution in [0.4, 0.5) is 4.39 Å². The van der Waals surface area contributed by atoms with Crippen LogP contribution in [-0.4, -0.2) is 21.8 Å². The van der Waals surface area contributed by atoms with Crippen LogP contribution in [-0.2, 0) is 0 Å². The monoisotopic (exact) mass is 365 g/mol. The van der Waals surface area contributed by atoms with Gasteiger partial charge in [0, 0.05) is 11.3 Å². The van der Waals surface area contributed by atoms with Crippen LogP contribution in [0, 0.1) is 19.7 Å². The molecule has 0 bridgehead atoms. The smallest absolute Gasteiger partial charge is 0.352 e. The molecule has 0 atom stereocenters. The van der Waals surface area contributed by atoms with Gasteiger partial charge in [-0.05, 0) is 59.1 Å². The Bertz CT molecular complexity index is 793. The third-order valence-electron chi connectivity index (χ3n) is 3.27. The van der Waals surface area contributed by atoms with E-state index in [4.69, 9.17) is 5.11 Å². The second kappa shape index (κ2) is 6.27. The summed E-state index contributed by atoms with van der Waals surface area (Å²) in [6.45, 7) is 3.23. The molecule has 0 saturated heterocycles. The number of carbonyl (C=O) groups is 2. The third kappa shape index (κ3) is 3.17. The fraction of sp³-hybridized carbons (Fsp3) is 0.125. The minimum absolute atomic E-state index is 0.0128. The molecule has 0 aliphatic rings. The van der Waals surface area contributed by atoms with Gasteiger partial charge in [-0.15, -0.1) is 0 Å². The number of H-pyrrole nitrogens is 1. The molecule has 4 nitrogen and oxygen atoms in total. The summed E-state index contributed by atoms with van der Waals surface area (Å²) in [6.07, 6.45) is 2.90. The number of aromatic amines is 1. The largest absolute Gasteiger partial charge is 0.477 e. The number of aryl methyl sites for hydroxylation is 1. The molecule has 0 radical (unpaired) electrons. The molecule has 2 N–H and O–H groups in total. The van der Waals surface area contributed by atoms with Gasteiger partial charge in [-0.3, -0.25) is 4.79 Å². The maximum Gasteiger partial charge on any atom is 0.352 e. The Morgan fingerprint density at radius 3 is 2.55 bits per heavy atom. The van der Waals surface area contributed by atoms with Crippen LogP contribution in [0.1, 0.15) is 37.7 Å². The van der Waals surface area contributed by atoms with E-state index in [1.165, 1.54) is 12.1 Å². The summed E-state index contributed by atoms with van der Waals surface area (Å²) in [7, 11) is 0.